The number of amides is 1. The first-order valence-electron chi connectivity index (χ1n) is 12.2. The molecule has 5 rings (SSSR count). The minimum atomic E-state index is -0.206. The van der Waals surface area contributed by atoms with E-state index in [2.05, 4.69) is 15.3 Å². The van der Waals surface area contributed by atoms with Crippen molar-refractivity contribution < 1.29 is 13.9 Å². The van der Waals surface area contributed by atoms with Gasteiger partial charge in [0.15, 0.2) is 0 Å². The molecule has 0 saturated carbocycles. The number of halogens is 1. The second-order valence-electron chi connectivity index (χ2n) is 9.94. The lowest BCUT2D eigenvalue weighted by atomic mass is 9.76. The Morgan fingerprint density at radius 2 is 1.83 bits per heavy atom. The van der Waals surface area contributed by atoms with Gasteiger partial charge in [-0.2, -0.15) is 0 Å². The summed E-state index contributed by atoms with van der Waals surface area (Å²) in [5, 5.41) is 3.22. The quantitative estimate of drug-likeness (QED) is 0.549. The van der Waals surface area contributed by atoms with Crippen molar-refractivity contribution in [2.75, 3.05) is 25.0 Å². The lowest BCUT2D eigenvalue weighted by Crippen LogP contribution is -2.43. The van der Waals surface area contributed by atoms with E-state index < -0.39 is 0 Å². The summed E-state index contributed by atoms with van der Waals surface area (Å²) in [6.07, 6.45) is 3.64. The molecule has 6 nitrogen and oxygen atoms in total. The summed E-state index contributed by atoms with van der Waals surface area (Å²) in [4.78, 5) is 24.0. The van der Waals surface area contributed by atoms with Crippen molar-refractivity contribution in [2.45, 2.75) is 45.6 Å². The molecule has 1 aromatic heterocycles. The summed E-state index contributed by atoms with van der Waals surface area (Å²) in [7, 11) is 0. The van der Waals surface area contributed by atoms with Crippen LogP contribution in [-0.4, -0.2) is 46.6 Å². The number of nitrogens with one attached hydrogen (secondary N) is 1. The third-order valence-electron chi connectivity index (χ3n) is 7.10. The Kier molecular flexibility index (Phi) is 6.52. The van der Waals surface area contributed by atoms with Gasteiger partial charge in [-0.05, 0) is 86.9 Å². The van der Waals surface area contributed by atoms with Gasteiger partial charge in [0.1, 0.15) is 5.82 Å². The second-order valence-corrected chi connectivity index (χ2v) is 9.94. The molecule has 2 fully saturated rings. The van der Waals surface area contributed by atoms with E-state index >= 15 is 0 Å². The molecule has 3 aromatic rings. The third-order valence-corrected chi connectivity index (χ3v) is 7.10. The van der Waals surface area contributed by atoms with Crippen LogP contribution in [0, 0.1) is 25.1 Å². The zero-order valence-electron chi connectivity index (χ0n) is 20.3. The number of hydrogen-bond acceptors (Lipinski definition) is 5. The monoisotopic (exact) mass is 474 g/mol. The zero-order chi connectivity index (χ0) is 24.4. The van der Waals surface area contributed by atoms with Crippen molar-refractivity contribution >= 4 is 17.5 Å². The van der Waals surface area contributed by atoms with Crippen LogP contribution in [0.3, 0.4) is 0 Å². The van der Waals surface area contributed by atoms with E-state index in [1.165, 1.54) is 6.07 Å². The molecular formula is C28H31FN4O2. The Hall–Kier alpha value is -3.32. The number of aryl methyl sites for hydroxylation is 2. The Morgan fingerprint density at radius 1 is 1.09 bits per heavy atom. The van der Waals surface area contributed by atoms with Crippen molar-refractivity contribution in [3.8, 4) is 0 Å². The maximum absolute atomic E-state index is 13.5. The molecule has 1 spiro atoms. The van der Waals surface area contributed by atoms with E-state index in [9.17, 15) is 9.18 Å². The van der Waals surface area contributed by atoms with Crippen LogP contribution in [0.5, 0.6) is 0 Å². The van der Waals surface area contributed by atoms with Gasteiger partial charge >= 0.3 is 0 Å². The van der Waals surface area contributed by atoms with E-state index in [0.29, 0.717) is 31.2 Å². The summed E-state index contributed by atoms with van der Waals surface area (Å²) >= 11 is 0. The number of carbonyl (C=O) groups excluding carboxylic acids is 1. The van der Waals surface area contributed by atoms with E-state index in [0.717, 1.165) is 48.3 Å². The van der Waals surface area contributed by atoms with Gasteiger partial charge in [-0.3, -0.25) is 4.79 Å². The summed E-state index contributed by atoms with van der Waals surface area (Å²) in [5.74, 6) is 0.365. The van der Waals surface area contributed by atoms with E-state index in [4.69, 9.17) is 4.74 Å². The molecular weight excluding hydrogens is 443 g/mol. The zero-order valence-corrected chi connectivity index (χ0v) is 20.3. The standard InChI is InChI=1S/C28H31FN4O2/c1-19-13-20(2)31-27(30-19)32-24-8-4-6-22(16-24)26(34)33-11-9-28(10-12-33)17-25(35-18-28)15-21-5-3-7-23(29)14-21/h3-8,13-14,16,25H,9-12,15,17-18H2,1-2H3,(H,30,31,32)/t25-/m1/s1. The molecule has 0 bridgehead atoms. The van der Waals surface area contributed by atoms with Gasteiger partial charge < -0.3 is 15.0 Å². The number of aromatic nitrogens is 2. The van der Waals surface area contributed by atoms with Gasteiger partial charge in [0.25, 0.3) is 5.91 Å². The van der Waals surface area contributed by atoms with Crippen LogP contribution in [0.4, 0.5) is 16.0 Å². The normalized spacial score (nSPS) is 19.2. The highest BCUT2D eigenvalue weighted by Gasteiger charge is 2.43. The first kappa shape index (κ1) is 23.4. The predicted octanol–water partition coefficient (Wildman–Crippen LogP) is 5.23. The number of carbonyl (C=O) groups is 1. The Labute approximate surface area is 205 Å². The second kappa shape index (κ2) is 9.74. The minimum Gasteiger partial charge on any atom is -0.377 e. The first-order chi connectivity index (χ1) is 16.9. The predicted molar refractivity (Wildman–Crippen MR) is 133 cm³/mol. The fraction of sp³-hybridized carbons (Fsp3) is 0.393. The molecule has 7 heteroatoms. The maximum Gasteiger partial charge on any atom is 0.253 e. The van der Waals surface area contributed by atoms with Crippen molar-refractivity contribution in [3.05, 3.63) is 82.9 Å². The number of hydrogen-bond donors (Lipinski definition) is 1. The smallest absolute Gasteiger partial charge is 0.253 e. The molecule has 2 aliphatic heterocycles. The van der Waals surface area contributed by atoms with Crippen molar-refractivity contribution in [3.63, 3.8) is 0 Å². The fourth-order valence-electron chi connectivity index (χ4n) is 5.31. The lowest BCUT2D eigenvalue weighted by molar-refractivity contribution is 0.0496. The summed E-state index contributed by atoms with van der Waals surface area (Å²) in [6, 6.07) is 16.2. The fourth-order valence-corrected chi connectivity index (χ4v) is 5.31. The van der Waals surface area contributed by atoms with Gasteiger partial charge in [0.2, 0.25) is 5.95 Å². The number of piperidine rings is 1. The van der Waals surface area contributed by atoms with Crippen LogP contribution in [0.15, 0.2) is 54.6 Å². The van der Waals surface area contributed by atoms with Crippen LogP contribution >= 0.6 is 0 Å². The van der Waals surface area contributed by atoms with E-state index in [1.807, 2.05) is 55.1 Å². The molecule has 2 saturated heterocycles. The summed E-state index contributed by atoms with van der Waals surface area (Å²) < 4.78 is 19.6. The largest absolute Gasteiger partial charge is 0.377 e. The highest BCUT2D eigenvalue weighted by atomic mass is 19.1. The van der Waals surface area contributed by atoms with Crippen LogP contribution in [0.1, 0.15) is 46.6 Å². The van der Waals surface area contributed by atoms with Crippen molar-refractivity contribution in [1.29, 1.82) is 0 Å². The molecule has 3 heterocycles. The average Bonchev–Trinajstić information content (AvgIpc) is 3.20. The third kappa shape index (κ3) is 5.51. The Bertz CT molecular complexity index is 1200. The number of nitrogens with zero attached hydrogens (tertiary/aromatic N) is 3. The topological polar surface area (TPSA) is 67.4 Å². The summed E-state index contributed by atoms with van der Waals surface area (Å²) in [6.45, 7) is 6.01. The molecule has 1 atom stereocenters. The SMILES string of the molecule is Cc1cc(C)nc(Nc2cccc(C(=O)N3CCC4(CC3)CO[C@H](Cc3cccc(F)c3)C4)c2)n1. The number of anilines is 2. The Morgan fingerprint density at radius 3 is 2.57 bits per heavy atom. The molecule has 2 aromatic carbocycles. The minimum absolute atomic E-state index is 0.0417. The maximum atomic E-state index is 13.5. The van der Waals surface area contributed by atoms with Crippen molar-refractivity contribution in [2.24, 2.45) is 5.41 Å². The molecule has 0 aliphatic carbocycles. The summed E-state index contributed by atoms with van der Waals surface area (Å²) in [5.41, 5.74) is 4.31. The van der Waals surface area contributed by atoms with Crippen LogP contribution in [-0.2, 0) is 11.2 Å². The first-order valence-corrected chi connectivity index (χ1v) is 12.2. The van der Waals surface area contributed by atoms with E-state index in [1.54, 1.807) is 12.1 Å². The Balaban J connectivity index is 1.18. The number of ether oxygens (including phenoxy) is 1. The van der Waals surface area contributed by atoms with Gasteiger partial charge in [0.05, 0.1) is 12.7 Å². The van der Waals surface area contributed by atoms with Gasteiger partial charge in [0, 0.05) is 35.7 Å². The molecule has 0 radical (unpaired) electrons. The lowest BCUT2D eigenvalue weighted by Gasteiger charge is -2.38. The molecule has 1 amide bonds. The molecule has 1 N–H and O–H groups in total. The molecule has 182 valence electrons. The highest BCUT2D eigenvalue weighted by molar-refractivity contribution is 5.95. The molecule has 35 heavy (non-hydrogen) atoms. The van der Waals surface area contributed by atoms with Crippen LogP contribution < -0.4 is 5.32 Å². The highest BCUT2D eigenvalue weighted by Crippen LogP contribution is 2.43. The average molecular weight is 475 g/mol. The number of benzene rings is 2. The number of likely N-dealkylation sites (tertiary alicyclic amines) is 1. The van der Waals surface area contributed by atoms with E-state index in [-0.39, 0.29) is 23.2 Å². The molecule has 0 unspecified atom stereocenters. The van der Waals surface area contributed by atoms with Gasteiger partial charge in [-0.1, -0.05) is 18.2 Å². The van der Waals surface area contributed by atoms with Crippen LogP contribution in [0.25, 0.3) is 0 Å². The van der Waals surface area contributed by atoms with Crippen LogP contribution in [0.2, 0.25) is 0 Å². The van der Waals surface area contributed by atoms with Crippen molar-refractivity contribution in [1.82, 2.24) is 14.9 Å². The molecule has 2 aliphatic rings. The number of rotatable bonds is 5. The van der Waals surface area contributed by atoms with Gasteiger partial charge in [-0.25, -0.2) is 14.4 Å². The van der Waals surface area contributed by atoms with Gasteiger partial charge in [-0.15, -0.1) is 0 Å².